The van der Waals surface area contributed by atoms with Gasteiger partial charge in [0.25, 0.3) is 11.4 Å². The Bertz CT molecular complexity index is 1340. The summed E-state index contributed by atoms with van der Waals surface area (Å²) in [4.78, 5) is 62.8. The number of hydrogen-bond acceptors (Lipinski definition) is 9. The Morgan fingerprint density at radius 2 is 1.79 bits per heavy atom. The van der Waals surface area contributed by atoms with Crippen molar-refractivity contribution >= 4 is 40.8 Å². The minimum absolute atomic E-state index is 0.0282. The fraction of sp³-hybridized carbons (Fsp3) is 0.400. The number of aliphatic carboxylic acids is 1. The predicted molar refractivity (Wildman–Crippen MR) is 136 cm³/mol. The first-order chi connectivity index (χ1) is 18.5. The Kier molecular flexibility index (Phi) is 7.95. The van der Waals surface area contributed by atoms with Crippen LogP contribution in [0.4, 0.5) is 11.4 Å². The number of carboxylic acid groups (broad SMARTS) is 1. The Balaban J connectivity index is 1.82. The summed E-state index contributed by atoms with van der Waals surface area (Å²) in [5.41, 5.74) is -2.34. The number of carboxylic acids is 1. The van der Waals surface area contributed by atoms with Crippen LogP contribution in [0, 0.1) is 32.1 Å². The summed E-state index contributed by atoms with van der Waals surface area (Å²) in [5, 5.41) is 36.5. The first-order valence-electron chi connectivity index (χ1n) is 12.1. The molecule has 206 valence electrons. The molecule has 0 aromatic heterocycles. The van der Waals surface area contributed by atoms with E-state index in [9.17, 15) is 39.7 Å². The van der Waals surface area contributed by atoms with Crippen LogP contribution < -0.4 is 5.32 Å². The molecule has 2 amide bonds. The number of carbonyl (C=O) groups excluding carboxylic acids is 2. The fourth-order valence-electron chi connectivity index (χ4n) is 5.39. The second kappa shape index (κ2) is 11.0. The van der Waals surface area contributed by atoms with Crippen LogP contribution in [0.15, 0.2) is 42.5 Å². The number of halogens is 1. The van der Waals surface area contributed by atoms with Crippen molar-refractivity contribution in [2.24, 2.45) is 11.8 Å². The number of nitro benzene ring substituents is 2. The maximum atomic E-state index is 13.7. The van der Waals surface area contributed by atoms with Gasteiger partial charge in [-0.3, -0.25) is 44.8 Å². The van der Waals surface area contributed by atoms with Crippen molar-refractivity contribution in [3.63, 3.8) is 0 Å². The lowest BCUT2D eigenvalue weighted by atomic mass is 9.76. The molecule has 0 bridgehead atoms. The Hall–Kier alpha value is -3.94. The second-order valence-corrected chi connectivity index (χ2v) is 9.84. The zero-order valence-corrected chi connectivity index (χ0v) is 21.5. The van der Waals surface area contributed by atoms with Gasteiger partial charge >= 0.3 is 5.97 Å². The van der Waals surface area contributed by atoms with E-state index in [4.69, 9.17) is 16.3 Å². The minimum Gasteiger partial charge on any atom is -0.480 e. The summed E-state index contributed by atoms with van der Waals surface area (Å²) < 4.78 is 5.43. The number of non-ortho nitro benzene ring substituents is 1. The van der Waals surface area contributed by atoms with Crippen molar-refractivity contribution in [2.75, 3.05) is 19.8 Å². The first-order valence-corrected chi connectivity index (χ1v) is 12.5. The van der Waals surface area contributed by atoms with Crippen LogP contribution in [0.2, 0.25) is 5.02 Å². The molecule has 14 heteroatoms. The third-order valence-electron chi connectivity index (χ3n) is 7.09. The molecule has 2 aliphatic rings. The van der Waals surface area contributed by atoms with Gasteiger partial charge in [-0.2, -0.15) is 0 Å². The molecule has 2 N–H and O–H groups in total. The lowest BCUT2D eigenvalue weighted by Crippen LogP contribution is -2.57. The summed E-state index contributed by atoms with van der Waals surface area (Å²) in [6, 6.07) is 7.65. The molecule has 39 heavy (non-hydrogen) atoms. The highest BCUT2D eigenvalue weighted by Crippen LogP contribution is 2.51. The molecular weight excluding hydrogens is 536 g/mol. The second-order valence-electron chi connectivity index (χ2n) is 9.40. The minimum atomic E-state index is -2.06. The number of fused-ring (bicyclic) bond motifs is 1. The van der Waals surface area contributed by atoms with Crippen molar-refractivity contribution < 1.29 is 34.1 Å². The van der Waals surface area contributed by atoms with E-state index in [-0.39, 0.29) is 35.8 Å². The van der Waals surface area contributed by atoms with E-state index in [2.05, 4.69) is 5.32 Å². The normalized spacial score (nSPS) is 24.2. The van der Waals surface area contributed by atoms with Gasteiger partial charge in [0, 0.05) is 41.8 Å². The van der Waals surface area contributed by atoms with Crippen LogP contribution in [0.5, 0.6) is 0 Å². The van der Waals surface area contributed by atoms with Gasteiger partial charge in [0.15, 0.2) is 0 Å². The highest BCUT2D eigenvalue weighted by atomic mass is 35.5. The van der Waals surface area contributed by atoms with E-state index in [0.29, 0.717) is 12.2 Å². The number of nitrogens with zero attached hydrogens (tertiary/aromatic N) is 3. The molecule has 2 aliphatic heterocycles. The van der Waals surface area contributed by atoms with Crippen molar-refractivity contribution in [1.29, 1.82) is 0 Å². The smallest absolute Gasteiger partial charge is 0.325 e. The van der Waals surface area contributed by atoms with Crippen LogP contribution in [-0.4, -0.2) is 62.9 Å². The number of ether oxygens (including phenoxy) is 1. The maximum Gasteiger partial charge on any atom is 0.325 e. The van der Waals surface area contributed by atoms with Crippen LogP contribution in [0.1, 0.15) is 30.5 Å². The molecule has 0 radical (unpaired) electrons. The summed E-state index contributed by atoms with van der Waals surface area (Å²) in [7, 11) is 0. The highest BCUT2D eigenvalue weighted by Gasteiger charge is 2.68. The molecule has 2 heterocycles. The third-order valence-corrected chi connectivity index (χ3v) is 7.32. The predicted octanol–water partition coefficient (Wildman–Crippen LogP) is 2.89. The number of rotatable bonds is 11. The molecule has 2 aromatic carbocycles. The van der Waals surface area contributed by atoms with E-state index in [1.165, 1.54) is 36.4 Å². The van der Waals surface area contributed by atoms with Gasteiger partial charge in [-0.25, -0.2) is 0 Å². The number of nitrogens with one attached hydrogen (secondary N) is 1. The SMILES string of the molecule is CCCOCCN1C(=O)C2C(c3cc(Cl)ccc3[N+](=O)[O-])NC(Cc3ccc([N+](=O)[O-])cc3)(C(=O)O)C2C1=O. The van der Waals surface area contributed by atoms with Gasteiger partial charge in [0.2, 0.25) is 11.8 Å². The summed E-state index contributed by atoms with van der Waals surface area (Å²) in [6.45, 7) is 2.23. The van der Waals surface area contributed by atoms with Gasteiger partial charge in [-0.05, 0) is 24.1 Å². The molecule has 0 saturated carbocycles. The summed E-state index contributed by atoms with van der Waals surface area (Å²) >= 11 is 6.14. The Labute approximate surface area is 227 Å². The van der Waals surface area contributed by atoms with Crippen molar-refractivity contribution in [3.05, 3.63) is 78.8 Å². The Morgan fingerprint density at radius 1 is 1.10 bits per heavy atom. The maximum absolute atomic E-state index is 13.7. The van der Waals surface area contributed by atoms with Gasteiger partial charge in [-0.1, -0.05) is 30.7 Å². The number of imide groups is 1. The molecule has 2 aromatic rings. The number of amides is 2. The number of nitro groups is 2. The zero-order chi connectivity index (χ0) is 28.5. The number of carbonyl (C=O) groups is 3. The number of hydrogen-bond donors (Lipinski definition) is 2. The van der Waals surface area contributed by atoms with Crippen molar-refractivity contribution in [2.45, 2.75) is 31.3 Å². The van der Waals surface area contributed by atoms with Crippen LogP contribution in [0.25, 0.3) is 0 Å². The molecule has 2 saturated heterocycles. The quantitative estimate of drug-likeness (QED) is 0.179. The zero-order valence-electron chi connectivity index (χ0n) is 20.7. The number of benzene rings is 2. The van der Waals surface area contributed by atoms with Crippen molar-refractivity contribution in [1.82, 2.24) is 10.2 Å². The number of likely N-dealkylation sites (tertiary alicyclic amines) is 1. The van der Waals surface area contributed by atoms with E-state index < -0.39 is 56.7 Å². The van der Waals surface area contributed by atoms with E-state index in [1.54, 1.807) is 0 Å². The molecular formula is C25H25ClN4O9. The molecule has 4 rings (SSSR count). The average molecular weight is 561 g/mol. The molecule has 0 spiro atoms. The van der Waals surface area contributed by atoms with E-state index in [0.717, 1.165) is 17.4 Å². The van der Waals surface area contributed by atoms with Crippen LogP contribution in [-0.2, 0) is 25.5 Å². The molecule has 13 nitrogen and oxygen atoms in total. The van der Waals surface area contributed by atoms with Crippen LogP contribution >= 0.6 is 11.6 Å². The third kappa shape index (κ3) is 5.07. The molecule has 4 unspecified atom stereocenters. The van der Waals surface area contributed by atoms with E-state index in [1.807, 2.05) is 6.92 Å². The van der Waals surface area contributed by atoms with Crippen LogP contribution in [0.3, 0.4) is 0 Å². The molecule has 2 fully saturated rings. The summed E-state index contributed by atoms with van der Waals surface area (Å²) in [5.74, 6) is -5.58. The molecule has 4 atom stereocenters. The lowest BCUT2D eigenvalue weighted by Gasteiger charge is -2.31. The molecule has 0 aliphatic carbocycles. The van der Waals surface area contributed by atoms with Gasteiger partial charge < -0.3 is 9.84 Å². The largest absolute Gasteiger partial charge is 0.480 e. The Morgan fingerprint density at radius 3 is 2.38 bits per heavy atom. The topological polar surface area (TPSA) is 182 Å². The summed E-state index contributed by atoms with van der Waals surface area (Å²) in [6.07, 6.45) is 0.389. The monoisotopic (exact) mass is 560 g/mol. The van der Waals surface area contributed by atoms with E-state index >= 15 is 0 Å². The standard InChI is InChI=1S/C25H25ClN4O9/c1-2-10-39-11-9-28-22(31)19-20(23(28)32)25(24(33)34,13-14-3-6-16(7-4-14)29(35)36)27-21(19)17-12-15(26)5-8-18(17)30(37)38/h3-8,12,19-21,27H,2,9-11,13H2,1H3,(H,33,34). The highest BCUT2D eigenvalue weighted by molar-refractivity contribution is 6.30. The van der Waals surface area contributed by atoms with Gasteiger partial charge in [0.05, 0.1) is 40.9 Å². The fourth-order valence-corrected chi connectivity index (χ4v) is 5.57. The average Bonchev–Trinajstić information content (AvgIpc) is 3.36. The first kappa shape index (κ1) is 28.1. The lowest BCUT2D eigenvalue weighted by molar-refractivity contribution is -0.385. The van der Waals surface area contributed by atoms with Crippen molar-refractivity contribution in [3.8, 4) is 0 Å². The van der Waals surface area contributed by atoms with Gasteiger partial charge in [-0.15, -0.1) is 0 Å². The van der Waals surface area contributed by atoms with Gasteiger partial charge in [0.1, 0.15) is 5.54 Å².